The van der Waals surface area contributed by atoms with E-state index in [2.05, 4.69) is 6.08 Å². The standard InChI is InChI=1S/C16H20O5S/c1-19-14(17)11-5-6-12-10(13(11)15(18)20-2)4-3-7-16(12)21-8-9-22-16/h6,10H,3-5,7-9H2,1-2H3/t10-,16+/m1/s1. The number of thioether (sulfide) groups is 1. The summed E-state index contributed by atoms with van der Waals surface area (Å²) in [6.45, 7) is 0.732. The molecule has 3 rings (SSSR count). The third kappa shape index (κ3) is 2.38. The third-order valence-electron chi connectivity index (χ3n) is 4.60. The van der Waals surface area contributed by atoms with Crippen molar-refractivity contribution < 1.29 is 23.8 Å². The quantitative estimate of drug-likeness (QED) is 0.573. The predicted molar refractivity (Wildman–Crippen MR) is 82.2 cm³/mol. The van der Waals surface area contributed by atoms with E-state index in [4.69, 9.17) is 14.2 Å². The van der Waals surface area contributed by atoms with Gasteiger partial charge in [-0.15, -0.1) is 11.8 Å². The number of methoxy groups -OCH3 is 2. The third-order valence-corrected chi connectivity index (χ3v) is 6.00. The molecule has 0 bridgehead atoms. The zero-order chi connectivity index (χ0) is 15.7. The number of allylic oxidation sites excluding steroid dienone is 1. The molecule has 1 heterocycles. The zero-order valence-corrected chi connectivity index (χ0v) is 13.7. The van der Waals surface area contributed by atoms with Crippen LogP contribution in [0.4, 0.5) is 0 Å². The Balaban J connectivity index is 2.02. The molecule has 1 saturated heterocycles. The SMILES string of the molecule is COC(=O)C1=C(C(=O)OC)[C@@H]2CCC[C@@]3(OCCS3)C2=CC1. The van der Waals surface area contributed by atoms with E-state index in [1.54, 1.807) is 11.8 Å². The fourth-order valence-electron chi connectivity index (χ4n) is 3.69. The summed E-state index contributed by atoms with van der Waals surface area (Å²) in [6.07, 6.45) is 5.21. The molecule has 1 saturated carbocycles. The molecule has 1 spiro atoms. The van der Waals surface area contributed by atoms with Gasteiger partial charge < -0.3 is 14.2 Å². The number of rotatable bonds is 2. The van der Waals surface area contributed by atoms with Gasteiger partial charge in [-0.3, -0.25) is 0 Å². The number of carbonyl (C=O) groups excluding carboxylic acids is 2. The highest BCUT2D eigenvalue weighted by atomic mass is 32.2. The van der Waals surface area contributed by atoms with Gasteiger partial charge in [0.2, 0.25) is 0 Å². The van der Waals surface area contributed by atoms with E-state index in [0.717, 1.165) is 37.2 Å². The molecule has 120 valence electrons. The molecule has 0 aromatic carbocycles. The van der Waals surface area contributed by atoms with E-state index in [1.807, 2.05) is 0 Å². The van der Waals surface area contributed by atoms with Gasteiger partial charge in [-0.2, -0.15) is 0 Å². The van der Waals surface area contributed by atoms with Gasteiger partial charge in [0.15, 0.2) is 0 Å². The van der Waals surface area contributed by atoms with Crippen LogP contribution in [0.1, 0.15) is 25.7 Å². The van der Waals surface area contributed by atoms with Crippen molar-refractivity contribution >= 4 is 23.7 Å². The molecule has 2 fully saturated rings. The van der Waals surface area contributed by atoms with Crippen molar-refractivity contribution in [3.05, 3.63) is 22.8 Å². The van der Waals surface area contributed by atoms with Crippen LogP contribution in [0.2, 0.25) is 0 Å². The van der Waals surface area contributed by atoms with Crippen molar-refractivity contribution in [1.29, 1.82) is 0 Å². The summed E-state index contributed by atoms with van der Waals surface area (Å²) in [5.41, 5.74) is 2.01. The van der Waals surface area contributed by atoms with Gasteiger partial charge in [-0.1, -0.05) is 6.08 Å². The number of ether oxygens (including phenoxy) is 3. The largest absolute Gasteiger partial charge is 0.466 e. The Bertz CT molecular complexity index is 557. The van der Waals surface area contributed by atoms with Crippen LogP contribution in [-0.4, -0.2) is 43.5 Å². The first kappa shape index (κ1) is 15.6. The summed E-state index contributed by atoms with van der Waals surface area (Å²) < 4.78 is 15.8. The molecule has 0 aromatic heterocycles. The number of fused-ring (bicyclic) bond motifs is 2. The van der Waals surface area contributed by atoms with E-state index < -0.39 is 11.9 Å². The predicted octanol–water partition coefficient (Wildman–Crippen LogP) is 2.22. The van der Waals surface area contributed by atoms with Crippen LogP contribution in [0, 0.1) is 5.92 Å². The van der Waals surface area contributed by atoms with E-state index in [0.29, 0.717) is 17.6 Å². The highest BCUT2D eigenvalue weighted by Crippen LogP contribution is 2.54. The molecule has 0 aromatic rings. The first-order valence-electron chi connectivity index (χ1n) is 7.51. The van der Waals surface area contributed by atoms with Gasteiger partial charge in [0.1, 0.15) is 4.93 Å². The van der Waals surface area contributed by atoms with Crippen LogP contribution in [0.15, 0.2) is 22.8 Å². The van der Waals surface area contributed by atoms with E-state index in [1.165, 1.54) is 14.2 Å². The maximum Gasteiger partial charge on any atom is 0.334 e. The lowest BCUT2D eigenvalue weighted by Gasteiger charge is -2.42. The molecule has 0 unspecified atom stereocenters. The molecule has 1 aliphatic heterocycles. The van der Waals surface area contributed by atoms with Gasteiger partial charge in [-0.25, -0.2) is 9.59 Å². The molecule has 0 amide bonds. The van der Waals surface area contributed by atoms with E-state index in [-0.39, 0.29) is 10.9 Å². The highest BCUT2D eigenvalue weighted by Gasteiger charge is 2.49. The topological polar surface area (TPSA) is 61.8 Å². The smallest absolute Gasteiger partial charge is 0.334 e. The van der Waals surface area contributed by atoms with E-state index >= 15 is 0 Å². The molecule has 0 radical (unpaired) electrons. The monoisotopic (exact) mass is 324 g/mol. The van der Waals surface area contributed by atoms with Crippen LogP contribution >= 0.6 is 11.8 Å². The second-order valence-electron chi connectivity index (χ2n) is 5.63. The minimum absolute atomic E-state index is 0.102. The number of esters is 2. The summed E-state index contributed by atoms with van der Waals surface area (Å²) in [4.78, 5) is 24.0. The Hall–Kier alpha value is -1.27. The summed E-state index contributed by atoms with van der Waals surface area (Å²) in [7, 11) is 2.68. The van der Waals surface area contributed by atoms with Crippen molar-refractivity contribution in [2.24, 2.45) is 5.92 Å². The second-order valence-corrected chi connectivity index (χ2v) is 6.99. The molecule has 6 heteroatoms. The van der Waals surface area contributed by atoms with Gasteiger partial charge >= 0.3 is 11.9 Å². The van der Waals surface area contributed by atoms with Crippen molar-refractivity contribution in [1.82, 2.24) is 0 Å². The lowest BCUT2D eigenvalue weighted by Crippen LogP contribution is -2.39. The molecule has 3 aliphatic rings. The molecule has 2 atom stereocenters. The summed E-state index contributed by atoms with van der Waals surface area (Å²) >= 11 is 1.81. The first-order valence-corrected chi connectivity index (χ1v) is 8.49. The van der Waals surface area contributed by atoms with Crippen LogP contribution < -0.4 is 0 Å². The Morgan fingerprint density at radius 1 is 1.32 bits per heavy atom. The van der Waals surface area contributed by atoms with Crippen LogP contribution in [-0.2, 0) is 23.8 Å². The lowest BCUT2D eigenvalue weighted by atomic mass is 9.72. The van der Waals surface area contributed by atoms with Crippen molar-refractivity contribution in [2.45, 2.75) is 30.6 Å². The molecule has 0 N–H and O–H groups in total. The molecule has 5 nitrogen and oxygen atoms in total. The van der Waals surface area contributed by atoms with Gasteiger partial charge in [0.25, 0.3) is 0 Å². The van der Waals surface area contributed by atoms with Crippen molar-refractivity contribution in [3.8, 4) is 0 Å². The molecular weight excluding hydrogens is 304 g/mol. The molecule has 22 heavy (non-hydrogen) atoms. The molecular formula is C16H20O5S. The minimum atomic E-state index is -0.449. The maximum absolute atomic E-state index is 12.3. The first-order chi connectivity index (χ1) is 10.6. The van der Waals surface area contributed by atoms with Crippen molar-refractivity contribution in [3.63, 3.8) is 0 Å². The van der Waals surface area contributed by atoms with Crippen LogP contribution in [0.3, 0.4) is 0 Å². The Labute approximate surface area is 134 Å². The second kappa shape index (κ2) is 6.08. The Morgan fingerprint density at radius 2 is 2.09 bits per heavy atom. The van der Waals surface area contributed by atoms with Crippen LogP contribution in [0.5, 0.6) is 0 Å². The number of hydrogen-bond donors (Lipinski definition) is 0. The van der Waals surface area contributed by atoms with Gasteiger partial charge in [0.05, 0.1) is 32.0 Å². The molecule has 2 aliphatic carbocycles. The number of carbonyl (C=O) groups is 2. The summed E-state index contributed by atoms with van der Waals surface area (Å²) in [5.74, 6) is -0.0217. The van der Waals surface area contributed by atoms with Gasteiger partial charge in [-0.05, 0) is 31.3 Å². The Morgan fingerprint density at radius 3 is 2.73 bits per heavy atom. The summed E-state index contributed by atoms with van der Waals surface area (Å²) in [5, 5.41) is 0. The lowest BCUT2D eigenvalue weighted by molar-refractivity contribution is -0.140. The van der Waals surface area contributed by atoms with Gasteiger partial charge in [0, 0.05) is 11.7 Å². The van der Waals surface area contributed by atoms with Crippen LogP contribution in [0.25, 0.3) is 0 Å². The highest BCUT2D eigenvalue weighted by molar-refractivity contribution is 8.00. The zero-order valence-electron chi connectivity index (χ0n) is 12.8. The van der Waals surface area contributed by atoms with Crippen molar-refractivity contribution in [2.75, 3.05) is 26.6 Å². The maximum atomic E-state index is 12.3. The normalized spacial score (nSPS) is 30.8. The fraction of sp³-hybridized carbons (Fsp3) is 0.625. The average Bonchev–Trinajstić information content (AvgIpc) is 3.01. The fourth-order valence-corrected chi connectivity index (χ4v) is 5.04. The van der Waals surface area contributed by atoms with E-state index in [9.17, 15) is 9.59 Å². The average molecular weight is 324 g/mol. The minimum Gasteiger partial charge on any atom is -0.466 e. The number of hydrogen-bond acceptors (Lipinski definition) is 6. The Kier molecular flexibility index (Phi) is 4.32. The summed E-state index contributed by atoms with van der Waals surface area (Å²) in [6, 6.07) is 0.